The number of nitrogens with one attached hydrogen (secondary N) is 2. The van der Waals surface area contributed by atoms with Crippen molar-refractivity contribution in [2.45, 2.75) is 38.3 Å². The van der Waals surface area contributed by atoms with Gasteiger partial charge < -0.3 is 20.1 Å². The van der Waals surface area contributed by atoms with Gasteiger partial charge in [0.15, 0.2) is 6.61 Å². The number of fused-ring (bicyclic) bond motifs is 1. The van der Waals surface area contributed by atoms with Crippen molar-refractivity contribution in [3.8, 4) is 5.75 Å². The lowest BCUT2D eigenvalue weighted by Gasteiger charge is -2.36. The molecule has 0 aliphatic carbocycles. The highest BCUT2D eigenvalue weighted by molar-refractivity contribution is 5.96. The number of carbonyl (C=O) groups excluding carboxylic acids is 1. The molecule has 5 nitrogen and oxygen atoms in total. The first-order valence-corrected chi connectivity index (χ1v) is 6.99. The van der Waals surface area contributed by atoms with Crippen LogP contribution in [0.2, 0.25) is 0 Å². The SMILES string of the molecule is CC1(C)CC(Nc2ccc3c(c2)NC(=O)CO3)CCO1. The molecule has 2 aliphatic rings. The Morgan fingerprint density at radius 1 is 1.40 bits per heavy atom. The number of hydrogen-bond acceptors (Lipinski definition) is 4. The maximum Gasteiger partial charge on any atom is 0.262 e. The smallest absolute Gasteiger partial charge is 0.262 e. The van der Waals surface area contributed by atoms with E-state index in [9.17, 15) is 4.79 Å². The fourth-order valence-electron chi connectivity index (χ4n) is 2.76. The predicted molar refractivity (Wildman–Crippen MR) is 77.2 cm³/mol. The van der Waals surface area contributed by atoms with E-state index in [0.717, 1.165) is 36.6 Å². The Morgan fingerprint density at radius 3 is 3.05 bits per heavy atom. The zero-order valence-electron chi connectivity index (χ0n) is 11.9. The summed E-state index contributed by atoms with van der Waals surface area (Å²) < 4.78 is 11.1. The molecule has 20 heavy (non-hydrogen) atoms. The highest BCUT2D eigenvalue weighted by Crippen LogP contribution is 2.32. The molecular formula is C15H20N2O3. The molecular weight excluding hydrogens is 256 g/mol. The first-order valence-electron chi connectivity index (χ1n) is 6.99. The Labute approximate surface area is 118 Å². The Bertz CT molecular complexity index is 528. The molecule has 5 heteroatoms. The first kappa shape index (κ1) is 13.2. The summed E-state index contributed by atoms with van der Waals surface area (Å²) in [7, 11) is 0. The summed E-state index contributed by atoms with van der Waals surface area (Å²) in [5, 5.41) is 6.34. The number of carbonyl (C=O) groups is 1. The lowest BCUT2D eigenvalue weighted by Crippen LogP contribution is -2.40. The molecule has 2 aliphatic heterocycles. The number of amides is 1. The standard InChI is InChI=1S/C15H20N2O3/c1-15(2)8-11(5-6-20-15)16-10-3-4-13-12(7-10)17-14(18)9-19-13/h3-4,7,11,16H,5-6,8-9H2,1-2H3,(H,17,18). The van der Waals surface area contributed by atoms with Gasteiger partial charge in [0, 0.05) is 18.3 Å². The number of ether oxygens (including phenoxy) is 2. The zero-order chi connectivity index (χ0) is 14.2. The highest BCUT2D eigenvalue weighted by Gasteiger charge is 2.28. The Hall–Kier alpha value is -1.75. The minimum Gasteiger partial charge on any atom is -0.482 e. The molecule has 0 bridgehead atoms. The molecule has 0 spiro atoms. The average molecular weight is 276 g/mol. The second kappa shape index (κ2) is 4.98. The van der Waals surface area contributed by atoms with Crippen molar-refractivity contribution < 1.29 is 14.3 Å². The molecule has 1 unspecified atom stereocenters. The van der Waals surface area contributed by atoms with Crippen molar-refractivity contribution in [2.24, 2.45) is 0 Å². The van der Waals surface area contributed by atoms with E-state index in [1.165, 1.54) is 0 Å². The van der Waals surface area contributed by atoms with Crippen molar-refractivity contribution in [2.75, 3.05) is 23.8 Å². The molecule has 2 N–H and O–H groups in total. The second-order valence-electron chi connectivity index (χ2n) is 5.99. The third-order valence-corrected chi connectivity index (χ3v) is 3.68. The van der Waals surface area contributed by atoms with Gasteiger partial charge in [-0.1, -0.05) is 0 Å². The molecule has 1 aromatic carbocycles. The number of hydrogen-bond donors (Lipinski definition) is 2. The van der Waals surface area contributed by atoms with Crippen LogP contribution in [0.15, 0.2) is 18.2 Å². The van der Waals surface area contributed by atoms with Crippen molar-refractivity contribution in [1.29, 1.82) is 0 Å². The molecule has 1 saturated heterocycles. The maximum atomic E-state index is 11.3. The largest absolute Gasteiger partial charge is 0.482 e. The van der Waals surface area contributed by atoms with Crippen LogP contribution in [-0.4, -0.2) is 30.8 Å². The Balaban J connectivity index is 1.72. The summed E-state index contributed by atoms with van der Waals surface area (Å²) in [6.07, 6.45) is 1.95. The van der Waals surface area contributed by atoms with Crippen LogP contribution in [0.1, 0.15) is 26.7 Å². The summed E-state index contributed by atoms with van der Waals surface area (Å²) in [5.74, 6) is 0.615. The molecule has 0 radical (unpaired) electrons. The Kier molecular flexibility index (Phi) is 3.30. The zero-order valence-corrected chi connectivity index (χ0v) is 11.9. The van der Waals surface area contributed by atoms with Gasteiger partial charge in [0.2, 0.25) is 0 Å². The summed E-state index contributed by atoms with van der Waals surface area (Å²) in [6.45, 7) is 5.09. The fourth-order valence-corrected chi connectivity index (χ4v) is 2.76. The van der Waals surface area contributed by atoms with Gasteiger partial charge in [0.05, 0.1) is 11.3 Å². The minimum absolute atomic E-state index is 0.0819. The van der Waals surface area contributed by atoms with Gasteiger partial charge in [-0.3, -0.25) is 4.79 Å². The third kappa shape index (κ3) is 2.88. The van der Waals surface area contributed by atoms with Crippen LogP contribution >= 0.6 is 0 Å². The molecule has 0 saturated carbocycles. The van der Waals surface area contributed by atoms with Gasteiger partial charge in [-0.05, 0) is 44.9 Å². The first-order chi connectivity index (χ1) is 9.52. The fraction of sp³-hybridized carbons (Fsp3) is 0.533. The van der Waals surface area contributed by atoms with Gasteiger partial charge >= 0.3 is 0 Å². The van der Waals surface area contributed by atoms with Crippen molar-refractivity contribution in [1.82, 2.24) is 0 Å². The number of rotatable bonds is 2. The van der Waals surface area contributed by atoms with Crippen LogP contribution in [0.4, 0.5) is 11.4 Å². The maximum absolute atomic E-state index is 11.3. The van der Waals surface area contributed by atoms with Crippen molar-refractivity contribution in [3.63, 3.8) is 0 Å². The van der Waals surface area contributed by atoms with E-state index in [-0.39, 0.29) is 18.1 Å². The molecule has 1 aromatic rings. The number of anilines is 2. The van der Waals surface area contributed by atoms with Gasteiger partial charge in [-0.25, -0.2) is 0 Å². The molecule has 2 heterocycles. The molecule has 108 valence electrons. The van der Waals surface area contributed by atoms with Gasteiger partial charge in [-0.15, -0.1) is 0 Å². The molecule has 3 rings (SSSR count). The molecule has 1 amide bonds. The Morgan fingerprint density at radius 2 is 2.25 bits per heavy atom. The van der Waals surface area contributed by atoms with E-state index >= 15 is 0 Å². The lowest BCUT2D eigenvalue weighted by atomic mass is 9.94. The van der Waals surface area contributed by atoms with E-state index < -0.39 is 0 Å². The molecule has 1 fully saturated rings. The van der Waals surface area contributed by atoms with Gasteiger partial charge in [-0.2, -0.15) is 0 Å². The van der Waals surface area contributed by atoms with E-state index in [1.54, 1.807) is 0 Å². The summed E-state index contributed by atoms with van der Waals surface area (Å²) in [5.41, 5.74) is 1.65. The topological polar surface area (TPSA) is 59.6 Å². The van der Waals surface area contributed by atoms with Crippen LogP contribution in [0.25, 0.3) is 0 Å². The number of benzene rings is 1. The van der Waals surface area contributed by atoms with Gasteiger partial charge in [0.25, 0.3) is 5.91 Å². The monoisotopic (exact) mass is 276 g/mol. The lowest BCUT2D eigenvalue weighted by molar-refractivity contribution is -0.118. The summed E-state index contributed by atoms with van der Waals surface area (Å²) in [6, 6.07) is 6.19. The summed E-state index contributed by atoms with van der Waals surface area (Å²) >= 11 is 0. The van der Waals surface area contributed by atoms with E-state index in [1.807, 2.05) is 18.2 Å². The normalized spacial score (nSPS) is 24.3. The summed E-state index contributed by atoms with van der Waals surface area (Å²) in [4.78, 5) is 11.3. The highest BCUT2D eigenvalue weighted by atomic mass is 16.5. The third-order valence-electron chi connectivity index (χ3n) is 3.68. The minimum atomic E-state index is -0.109. The van der Waals surface area contributed by atoms with E-state index in [4.69, 9.17) is 9.47 Å². The van der Waals surface area contributed by atoms with Crippen LogP contribution in [0, 0.1) is 0 Å². The van der Waals surface area contributed by atoms with Crippen molar-refractivity contribution in [3.05, 3.63) is 18.2 Å². The molecule has 0 aromatic heterocycles. The van der Waals surface area contributed by atoms with E-state index in [2.05, 4.69) is 24.5 Å². The van der Waals surface area contributed by atoms with Crippen LogP contribution < -0.4 is 15.4 Å². The van der Waals surface area contributed by atoms with Gasteiger partial charge in [0.1, 0.15) is 5.75 Å². The van der Waals surface area contributed by atoms with E-state index in [0.29, 0.717) is 6.04 Å². The van der Waals surface area contributed by atoms with Crippen molar-refractivity contribution >= 4 is 17.3 Å². The van der Waals surface area contributed by atoms with Crippen LogP contribution in [0.5, 0.6) is 5.75 Å². The quantitative estimate of drug-likeness (QED) is 0.870. The second-order valence-corrected chi connectivity index (χ2v) is 5.99. The average Bonchev–Trinajstić information content (AvgIpc) is 2.37. The van der Waals surface area contributed by atoms with Crippen LogP contribution in [-0.2, 0) is 9.53 Å². The predicted octanol–water partition coefficient (Wildman–Crippen LogP) is 2.39. The van der Waals surface area contributed by atoms with Crippen LogP contribution in [0.3, 0.4) is 0 Å². The molecule has 1 atom stereocenters.